The SMILES string of the molecule is Cc1nn(CC(=O)NC(C)C)c(C)c1S(=O)(=O)N1CCCCC1. The Bertz CT molecular complexity index is 673. The molecule has 0 radical (unpaired) electrons. The largest absolute Gasteiger partial charge is 0.352 e. The van der Waals surface area contributed by atoms with Crippen molar-refractivity contribution in [3.63, 3.8) is 0 Å². The first-order valence-electron chi connectivity index (χ1n) is 8.07. The molecule has 2 rings (SSSR count). The van der Waals surface area contributed by atoms with Crippen LogP contribution in [-0.2, 0) is 21.4 Å². The van der Waals surface area contributed by atoms with Gasteiger partial charge >= 0.3 is 0 Å². The molecule has 1 aliphatic heterocycles. The van der Waals surface area contributed by atoms with Crippen molar-refractivity contribution in [1.82, 2.24) is 19.4 Å². The average Bonchev–Trinajstić information content (AvgIpc) is 2.73. The Morgan fingerprint density at radius 1 is 1.22 bits per heavy atom. The quantitative estimate of drug-likeness (QED) is 0.871. The second-order valence-electron chi connectivity index (χ2n) is 6.34. The van der Waals surface area contributed by atoms with Crippen LogP contribution >= 0.6 is 0 Å². The third-order valence-corrected chi connectivity index (χ3v) is 6.12. The van der Waals surface area contributed by atoms with Crippen LogP contribution in [0.4, 0.5) is 0 Å². The molecule has 1 aliphatic rings. The fourth-order valence-electron chi connectivity index (χ4n) is 2.95. The van der Waals surface area contributed by atoms with Crippen molar-refractivity contribution in [1.29, 1.82) is 0 Å². The number of piperidine rings is 1. The first-order valence-corrected chi connectivity index (χ1v) is 9.51. The van der Waals surface area contributed by atoms with Gasteiger partial charge in [0.1, 0.15) is 11.4 Å². The van der Waals surface area contributed by atoms with E-state index >= 15 is 0 Å². The normalized spacial score (nSPS) is 16.7. The van der Waals surface area contributed by atoms with Crippen LogP contribution in [-0.4, -0.2) is 47.5 Å². The van der Waals surface area contributed by atoms with Gasteiger partial charge in [-0.25, -0.2) is 8.42 Å². The minimum Gasteiger partial charge on any atom is -0.352 e. The predicted molar refractivity (Wildman–Crippen MR) is 87.6 cm³/mol. The lowest BCUT2D eigenvalue weighted by atomic mass is 10.2. The molecule has 0 aliphatic carbocycles. The summed E-state index contributed by atoms with van der Waals surface area (Å²) in [4.78, 5) is 12.2. The third kappa shape index (κ3) is 3.92. The monoisotopic (exact) mass is 342 g/mol. The van der Waals surface area contributed by atoms with E-state index in [9.17, 15) is 13.2 Å². The fraction of sp³-hybridized carbons (Fsp3) is 0.733. The van der Waals surface area contributed by atoms with Crippen molar-refractivity contribution in [2.75, 3.05) is 13.1 Å². The molecular formula is C15H26N4O3S. The highest BCUT2D eigenvalue weighted by Crippen LogP contribution is 2.25. The number of aryl methyl sites for hydroxylation is 1. The summed E-state index contributed by atoms with van der Waals surface area (Å²) in [6, 6.07) is 0.0380. The topological polar surface area (TPSA) is 84.3 Å². The highest BCUT2D eigenvalue weighted by Gasteiger charge is 2.31. The van der Waals surface area contributed by atoms with E-state index in [1.165, 1.54) is 8.99 Å². The van der Waals surface area contributed by atoms with Crippen molar-refractivity contribution in [2.24, 2.45) is 0 Å². The van der Waals surface area contributed by atoms with E-state index < -0.39 is 10.0 Å². The number of amides is 1. The highest BCUT2D eigenvalue weighted by molar-refractivity contribution is 7.89. The van der Waals surface area contributed by atoms with Gasteiger partial charge < -0.3 is 5.32 Å². The van der Waals surface area contributed by atoms with Gasteiger partial charge in [-0.2, -0.15) is 9.40 Å². The summed E-state index contributed by atoms with van der Waals surface area (Å²) in [5.41, 5.74) is 0.970. The van der Waals surface area contributed by atoms with Gasteiger partial charge in [-0.3, -0.25) is 9.48 Å². The molecule has 0 unspecified atom stereocenters. The van der Waals surface area contributed by atoms with Gasteiger partial charge in [0.05, 0.1) is 11.4 Å². The smallest absolute Gasteiger partial charge is 0.246 e. The predicted octanol–water partition coefficient (Wildman–Crippen LogP) is 1.20. The molecule has 130 valence electrons. The molecule has 7 nitrogen and oxygen atoms in total. The Balaban J connectivity index is 2.28. The molecule has 2 heterocycles. The molecule has 1 aromatic rings. The molecule has 1 saturated heterocycles. The molecule has 1 amide bonds. The van der Waals surface area contributed by atoms with Gasteiger partial charge in [0.25, 0.3) is 0 Å². The lowest BCUT2D eigenvalue weighted by molar-refractivity contribution is -0.122. The number of carbonyl (C=O) groups excluding carboxylic acids is 1. The lowest BCUT2D eigenvalue weighted by Crippen LogP contribution is -2.36. The summed E-state index contributed by atoms with van der Waals surface area (Å²) in [5, 5.41) is 7.06. The molecule has 0 bridgehead atoms. The zero-order valence-electron chi connectivity index (χ0n) is 14.3. The van der Waals surface area contributed by atoms with Crippen LogP contribution in [0.1, 0.15) is 44.5 Å². The summed E-state index contributed by atoms with van der Waals surface area (Å²) in [7, 11) is -3.54. The Labute approximate surface area is 138 Å². The second kappa shape index (κ2) is 7.00. The van der Waals surface area contributed by atoms with E-state index in [1.807, 2.05) is 13.8 Å². The number of nitrogens with one attached hydrogen (secondary N) is 1. The van der Waals surface area contributed by atoms with E-state index in [0.29, 0.717) is 24.5 Å². The molecule has 23 heavy (non-hydrogen) atoms. The van der Waals surface area contributed by atoms with Crippen LogP contribution in [0.15, 0.2) is 4.90 Å². The van der Waals surface area contributed by atoms with Crippen LogP contribution in [0.2, 0.25) is 0 Å². The first-order chi connectivity index (χ1) is 10.7. The van der Waals surface area contributed by atoms with Gasteiger partial charge in [-0.15, -0.1) is 0 Å². The van der Waals surface area contributed by atoms with Crippen LogP contribution in [0, 0.1) is 13.8 Å². The maximum absolute atomic E-state index is 12.9. The van der Waals surface area contributed by atoms with Crippen molar-refractivity contribution in [3.05, 3.63) is 11.4 Å². The van der Waals surface area contributed by atoms with E-state index in [-0.39, 0.29) is 23.4 Å². The van der Waals surface area contributed by atoms with E-state index in [4.69, 9.17) is 0 Å². The van der Waals surface area contributed by atoms with Gasteiger partial charge in [-0.1, -0.05) is 6.42 Å². The van der Waals surface area contributed by atoms with Gasteiger partial charge in [0.15, 0.2) is 0 Å². The fourth-order valence-corrected chi connectivity index (χ4v) is 4.84. The Morgan fingerprint density at radius 2 is 1.83 bits per heavy atom. The molecule has 0 aromatic carbocycles. The molecule has 1 aromatic heterocycles. The van der Waals surface area contributed by atoms with E-state index in [0.717, 1.165) is 19.3 Å². The maximum atomic E-state index is 12.9. The highest BCUT2D eigenvalue weighted by atomic mass is 32.2. The van der Waals surface area contributed by atoms with E-state index in [2.05, 4.69) is 10.4 Å². The maximum Gasteiger partial charge on any atom is 0.246 e. The summed E-state index contributed by atoms with van der Waals surface area (Å²) < 4.78 is 28.8. The van der Waals surface area contributed by atoms with Crippen LogP contribution in [0.25, 0.3) is 0 Å². The average molecular weight is 342 g/mol. The molecule has 8 heteroatoms. The first kappa shape index (κ1) is 17.9. The number of rotatable bonds is 5. The Morgan fingerprint density at radius 3 is 2.39 bits per heavy atom. The molecule has 0 spiro atoms. The number of carbonyl (C=O) groups is 1. The Hall–Kier alpha value is -1.41. The number of hydrogen-bond acceptors (Lipinski definition) is 4. The summed E-state index contributed by atoms with van der Waals surface area (Å²) in [6.07, 6.45) is 2.85. The summed E-state index contributed by atoms with van der Waals surface area (Å²) >= 11 is 0. The van der Waals surface area contributed by atoms with Crippen molar-refractivity contribution in [3.8, 4) is 0 Å². The third-order valence-electron chi connectivity index (χ3n) is 3.97. The molecular weight excluding hydrogens is 316 g/mol. The zero-order chi connectivity index (χ0) is 17.2. The van der Waals surface area contributed by atoms with Crippen LogP contribution in [0.3, 0.4) is 0 Å². The van der Waals surface area contributed by atoms with Crippen molar-refractivity contribution in [2.45, 2.75) is 64.4 Å². The minimum absolute atomic E-state index is 0.0281. The summed E-state index contributed by atoms with van der Waals surface area (Å²) in [6.45, 7) is 8.29. The van der Waals surface area contributed by atoms with Gasteiger partial charge in [0, 0.05) is 19.1 Å². The minimum atomic E-state index is -3.54. The Kier molecular flexibility index (Phi) is 5.46. The van der Waals surface area contributed by atoms with Gasteiger partial charge in [-0.05, 0) is 40.5 Å². The molecule has 0 saturated carbocycles. The number of sulfonamides is 1. The van der Waals surface area contributed by atoms with Crippen LogP contribution in [0.5, 0.6) is 0 Å². The standard InChI is InChI=1S/C15H26N4O3S/c1-11(2)16-14(20)10-19-13(4)15(12(3)17-19)23(21,22)18-8-6-5-7-9-18/h11H,5-10H2,1-4H3,(H,16,20). The number of nitrogens with zero attached hydrogens (tertiary/aromatic N) is 3. The zero-order valence-corrected chi connectivity index (χ0v) is 15.1. The second-order valence-corrected chi connectivity index (χ2v) is 8.22. The van der Waals surface area contributed by atoms with Crippen LogP contribution < -0.4 is 5.32 Å². The number of hydrogen-bond donors (Lipinski definition) is 1. The van der Waals surface area contributed by atoms with Gasteiger partial charge in [0.2, 0.25) is 15.9 Å². The van der Waals surface area contributed by atoms with E-state index in [1.54, 1.807) is 13.8 Å². The lowest BCUT2D eigenvalue weighted by Gasteiger charge is -2.26. The molecule has 0 atom stereocenters. The molecule has 1 N–H and O–H groups in total. The van der Waals surface area contributed by atoms with Crippen molar-refractivity contribution < 1.29 is 13.2 Å². The number of aromatic nitrogens is 2. The molecule has 1 fully saturated rings. The van der Waals surface area contributed by atoms with Crippen molar-refractivity contribution >= 4 is 15.9 Å². The summed E-state index contributed by atoms with van der Waals surface area (Å²) in [5.74, 6) is -0.174.